The van der Waals surface area contributed by atoms with Gasteiger partial charge in [-0.1, -0.05) is 18.2 Å². The summed E-state index contributed by atoms with van der Waals surface area (Å²) in [4.78, 5) is 11.9. The summed E-state index contributed by atoms with van der Waals surface area (Å²) < 4.78 is 5.62. The van der Waals surface area contributed by atoms with Crippen molar-refractivity contribution < 1.29 is 9.53 Å². The van der Waals surface area contributed by atoms with Gasteiger partial charge < -0.3 is 15.8 Å². The molecular weight excluding hydrogens is 264 g/mol. The van der Waals surface area contributed by atoms with Gasteiger partial charge in [0.1, 0.15) is 5.75 Å². The molecule has 4 nitrogen and oxygen atoms in total. The van der Waals surface area contributed by atoms with Crippen LogP contribution in [0.15, 0.2) is 36.4 Å². The number of carbonyl (C=O) groups excluding carboxylic acids is 1. The molecule has 0 atom stereocenters. The Morgan fingerprint density at radius 3 is 2.62 bits per heavy atom. The van der Waals surface area contributed by atoms with Crippen molar-refractivity contribution in [2.24, 2.45) is 0 Å². The van der Waals surface area contributed by atoms with Gasteiger partial charge in [0.2, 0.25) is 0 Å². The van der Waals surface area contributed by atoms with E-state index in [1.54, 1.807) is 12.1 Å². The molecule has 0 aliphatic rings. The van der Waals surface area contributed by atoms with Crippen LogP contribution in [0.3, 0.4) is 0 Å². The molecule has 0 aliphatic heterocycles. The van der Waals surface area contributed by atoms with Gasteiger partial charge in [-0.15, -0.1) is 0 Å². The number of ether oxygens (including phenoxy) is 1. The molecule has 21 heavy (non-hydrogen) atoms. The average molecular weight is 284 g/mol. The molecule has 0 bridgehead atoms. The monoisotopic (exact) mass is 284 g/mol. The van der Waals surface area contributed by atoms with Crippen molar-refractivity contribution in [3.05, 3.63) is 53.1 Å². The first-order valence-electron chi connectivity index (χ1n) is 6.82. The highest BCUT2D eigenvalue weighted by atomic mass is 16.5. The number of benzene rings is 2. The van der Waals surface area contributed by atoms with Gasteiger partial charge in [0.15, 0.2) is 6.61 Å². The smallest absolute Gasteiger partial charge is 0.262 e. The Morgan fingerprint density at radius 2 is 1.90 bits per heavy atom. The highest BCUT2D eigenvalue weighted by Crippen LogP contribution is 2.23. The standard InChI is InChI=1S/C17H20N2O2/c1-11-8-12(2)13(3)16(9-11)21-10-17(20)19-15-7-5-4-6-14(15)18/h4-9H,10,18H2,1-3H3,(H,19,20). The molecule has 110 valence electrons. The van der Waals surface area contributed by atoms with Crippen LogP contribution in [-0.4, -0.2) is 12.5 Å². The zero-order valence-electron chi connectivity index (χ0n) is 12.6. The van der Waals surface area contributed by atoms with Crippen molar-refractivity contribution in [1.29, 1.82) is 0 Å². The van der Waals surface area contributed by atoms with E-state index in [9.17, 15) is 4.79 Å². The fraction of sp³-hybridized carbons (Fsp3) is 0.235. The minimum Gasteiger partial charge on any atom is -0.483 e. The topological polar surface area (TPSA) is 64.3 Å². The molecule has 0 heterocycles. The number of nitrogens with one attached hydrogen (secondary N) is 1. The van der Waals surface area contributed by atoms with Crippen LogP contribution in [0.1, 0.15) is 16.7 Å². The molecule has 0 unspecified atom stereocenters. The van der Waals surface area contributed by atoms with Gasteiger partial charge in [-0.3, -0.25) is 4.79 Å². The van der Waals surface area contributed by atoms with Gasteiger partial charge in [0.25, 0.3) is 5.91 Å². The third-order valence-electron chi connectivity index (χ3n) is 3.36. The van der Waals surface area contributed by atoms with Gasteiger partial charge in [-0.05, 0) is 55.7 Å². The minimum absolute atomic E-state index is 0.0436. The zero-order chi connectivity index (χ0) is 15.4. The van der Waals surface area contributed by atoms with Gasteiger partial charge in [-0.25, -0.2) is 0 Å². The summed E-state index contributed by atoms with van der Waals surface area (Å²) in [6.45, 7) is 5.97. The second-order valence-corrected chi connectivity index (χ2v) is 5.13. The molecule has 2 rings (SSSR count). The van der Waals surface area contributed by atoms with E-state index >= 15 is 0 Å². The lowest BCUT2D eigenvalue weighted by Crippen LogP contribution is -2.21. The molecule has 0 fully saturated rings. The molecule has 4 heteroatoms. The maximum Gasteiger partial charge on any atom is 0.262 e. The Morgan fingerprint density at radius 1 is 1.19 bits per heavy atom. The maximum absolute atomic E-state index is 11.9. The van der Waals surface area contributed by atoms with Crippen LogP contribution in [-0.2, 0) is 4.79 Å². The lowest BCUT2D eigenvalue weighted by atomic mass is 10.1. The normalized spacial score (nSPS) is 10.2. The third kappa shape index (κ3) is 3.75. The Kier molecular flexibility index (Phi) is 4.48. The summed E-state index contributed by atoms with van der Waals surface area (Å²) in [5, 5.41) is 2.74. The quantitative estimate of drug-likeness (QED) is 0.847. The molecule has 2 aromatic rings. The number of anilines is 2. The predicted octanol–water partition coefficient (Wildman–Crippen LogP) is 3.21. The number of nitrogen functional groups attached to an aromatic ring is 1. The number of aryl methyl sites for hydroxylation is 2. The van der Waals surface area contributed by atoms with Crippen LogP contribution in [0.5, 0.6) is 5.75 Å². The van der Waals surface area contributed by atoms with Gasteiger partial charge in [-0.2, -0.15) is 0 Å². The van der Waals surface area contributed by atoms with Crippen molar-refractivity contribution in [2.45, 2.75) is 20.8 Å². The Hall–Kier alpha value is -2.49. The Labute approximate surface area is 124 Å². The lowest BCUT2D eigenvalue weighted by molar-refractivity contribution is -0.118. The lowest BCUT2D eigenvalue weighted by Gasteiger charge is -2.13. The molecule has 0 aliphatic carbocycles. The summed E-state index contributed by atoms with van der Waals surface area (Å²) in [7, 11) is 0. The Bertz CT molecular complexity index is 666. The van der Waals surface area contributed by atoms with Crippen molar-refractivity contribution in [3.63, 3.8) is 0 Å². The second-order valence-electron chi connectivity index (χ2n) is 5.13. The van der Waals surface area contributed by atoms with E-state index in [1.807, 2.05) is 39.0 Å². The molecule has 0 saturated carbocycles. The number of amides is 1. The predicted molar refractivity (Wildman–Crippen MR) is 85.6 cm³/mol. The molecule has 0 radical (unpaired) electrons. The first-order chi connectivity index (χ1) is 9.97. The summed E-state index contributed by atoms with van der Waals surface area (Å²) in [5.74, 6) is 0.509. The zero-order valence-corrected chi connectivity index (χ0v) is 12.6. The molecular formula is C17H20N2O2. The Balaban J connectivity index is 2.00. The van der Waals surface area contributed by atoms with E-state index in [4.69, 9.17) is 10.5 Å². The van der Waals surface area contributed by atoms with Crippen LogP contribution in [0.2, 0.25) is 0 Å². The van der Waals surface area contributed by atoms with Crippen LogP contribution in [0, 0.1) is 20.8 Å². The highest BCUT2D eigenvalue weighted by molar-refractivity contribution is 5.94. The highest BCUT2D eigenvalue weighted by Gasteiger charge is 2.08. The largest absolute Gasteiger partial charge is 0.483 e. The molecule has 1 amide bonds. The van der Waals surface area contributed by atoms with Crippen LogP contribution in [0.25, 0.3) is 0 Å². The minimum atomic E-state index is -0.230. The summed E-state index contributed by atoms with van der Waals surface area (Å²) in [6.07, 6.45) is 0. The van der Waals surface area contributed by atoms with Crippen LogP contribution < -0.4 is 15.8 Å². The summed E-state index contributed by atoms with van der Waals surface area (Å²) in [5.41, 5.74) is 10.2. The summed E-state index contributed by atoms with van der Waals surface area (Å²) in [6, 6.07) is 11.2. The number of hydrogen-bond donors (Lipinski definition) is 2. The molecule has 0 saturated heterocycles. The second kappa shape index (κ2) is 6.31. The number of para-hydroxylation sites is 2. The fourth-order valence-electron chi connectivity index (χ4n) is 2.09. The van der Waals surface area contributed by atoms with E-state index in [-0.39, 0.29) is 12.5 Å². The maximum atomic E-state index is 11.9. The molecule has 2 aromatic carbocycles. The molecule has 0 spiro atoms. The van der Waals surface area contributed by atoms with Crippen molar-refractivity contribution in [2.75, 3.05) is 17.7 Å². The number of hydrogen-bond acceptors (Lipinski definition) is 3. The first-order valence-corrected chi connectivity index (χ1v) is 6.82. The number of rotatable bonds is 4. The van der Waals surface area contributed by atoms with E-state index < -0.39 is 0 Å². The fourth-order valence-corrected chi connectivity index (χ4v) is 2.09. The SMILES string of the molecule is Cc1cc(C)c(C)c(OCC(=O)Nc2ccccc2N)c1. The first kappa shape index (κ1) is 14.9. The van der Waals surface area contributed by atoms with Crippen LogP contribution >= 0.6 is 0 Å². The van der Waals surface area contributed by atoms with Gasteiger partial charge in [0, 0.05) is 0 Å². The van der Waals surface area contributed by atoms with E-state index in [2.05, 4.69) is 11.4 Å². The van der Waals surface area contributed by atoms with Crippen molar-refractivity contribution in [1.82, 2.24) is 0 Å². The molecule has 3 N–H and O–H groups in total. The summed E-state index contributed by atoms with van der Waals surface area (Å²) >= 11 is 0. The van der Waals surface area contributed by atoms with E-state index in [1.165, 1.54) is 0 Å². The van der Waals surface area contributed by atoms with Crippen LogP contribution in [0.4, 0.5) is 11.4 Å². The van der Waals surface area contributed by atoms with E-state index in [0.29, 0.717) is 11.4 Å². The number of nitrogens with two attached hydrogens (primary N) is 1. The van der Waals surface area contributed by atoms with E-state index in [0.717, 1.165) is 22.4 Å². The van der Waals surface area contributed by atoms with Gasteiger partial charge >= 0.3 is 0 Å². The number of carbonyl (C=O) groups is 1. The van der Waals surface area contributed by atoms with Crippen molar-refractivity contribution in [3.8, 4) is 5.75 Å². The molecule has 0 aromatic heterocycles. The average Bonchev–Trinajstić information content (AvgIpc) is 2.44. The van der Waals surface area contributed by atoms with Gasteiger partial charge in [0.05, 0.1) is 11.4 Å². The third-order valence-corrected chi connectivity index (χ3v) is 3.36. The van der Waals surface area contributed by atoms with Crippen molar-refractivity contribution >= 4 is 17.3 Å².